The van der Waals surface area contributed by atoms with Crippen LogP contribution in [-0.4, -0.2) is 93.8 Å². The number of nitrogens with one attached hydrogen (secondary N) is 2. The Hall–Kier alpha value is -4.63. The first-order valence-corrected chi connectivity index (χ1v) is 15.8. The average molecular weight is 639 g/mol. The molecule has 4 aromatic rings. The third kappa shape index (κ3) is 6.31. The number of rotatable bonds is 8. The minimum atomic E-state index is -4.00. The van der Waals surface area contributed by atoms with Crippen LogP contribution < -0.4 is 9.62 Å². The molecule has 1 atom stereocenters. The Bertz CT molecular complexity index is 1860. The van der Waals surface area contributed by atoms with Crippen molar-refractivity contribution in [2.75, 3.05) is 42.8 Å². The van der Waals surface area contributed by atoms with Crippen molar-refractivity contribution in [2.45, 2.75) is 33.7 Å². The Morgan fingerprint density at radius 1 is 1.11 bits per heavy atom. The molecule has 3 N–H and O–H groups in total. The van der Waals surface area contributed by atoms with E-state index in [9.17, 15) is 23.1 Å². The number of aromatic amines is 1. The summed E-state index contributed by atoms with van der Waals surface area (Å²) in [5, 5.41) is 10.1. The van der Waals surface area contributed by atoms with Crippen LogP contribution in [0.15, 0.2) is 49.1 Å². The molecule has 4 heterocycles. The molecular weight excluding hydrogens is 603 g/mol. The molecule has 1 fully saturated rings. The zero-order valence-corrected chi connectivity index (χ0v) is 26.4. The summed E-state index contributed by atoms with van der Waals surface area (Å²) in [5.41, 5.74) is 0.896. The predicted octanol–water partition coefficient (Wildman–Crippen LogP) is 4.21. The van der Waals surface area contributed by atoms with Gasteiger partial charge in [-0.2, -0.15) is 12.7 Å². The number of halogens is 1. The van der Waals surface area contributed by atoms with Gasteiger partial charge in [0.15, 0.2) is 11.6 Å². The van der Waals surface area contributed by atoms with E-state index in [1.54, 1.807) is 31.6 Å². The molecule has 0 bridgehead atoms. The van der Waals surface area contributed by atoms with Crippen LogP contribution in [0.4, 0.5) is 20.8 Å². The largest absolute Gasteiger partial charge is 0.465 e. The van der Waals surface area contributed by atoms with Crippen molar-refractivity contribution in [3.8, 4) is 11.1 Å². The summed E-state index contributed by atoms with van der Waals surface area (Å²) >= 11 is 0. The van der Waals surface area contributed by atoms with Crippen LogP contribution in [-0.2, 0) is 10.2 Å². The third-order valence-electron chi connectivity index (χ3n) is 7.99. The van der Waals surface area contributed by atoms with Gasteiger partial charge in [0.2, 0.25) is 5.95 Å². The topological polar surface area (TPSA) is 165 Å². The minimum Gasteiger partial charge on any atom is -0.465 e. The number of fused-ring (bicyclic) bond motifs is 1. The molecule has 0 aliphatic carbocycles. The minimum absolute atomic E-state index is 0.158. The van der Waals surface area contributed by atoms with Crippen LogP contribution in [0.2, 0.25) is 0 Å². The van der Waals surface area contributed by atoms with Gasteiger partial charge in [-0.25, -0.2) is 24.1 Å². The van der Waals surface area contributed by atoms with E-state index in [1.165, 1.54) is 36.3 Å². The zero-order chi connectivity index (χ0) is 32.7. The van der Waals surface area contributed by atoms with Gasteiger partial charge in [0.25, 0.3) is 0 Å². The van der Waals surface area contributed by atoms with Crippen molar-refractivity contribution < 1.29 is 27.5 Å². The maximum atomic E-state index is 15.5. The van der Waals surface area contributed by atoms with E-state index in [4.69, 9.17) is 0 Å². The van der Waals surface area contributed by atoms with Gasteiger partial charge in [-0.3, -0.25) is 9.52 Å². The fourth-order valence-corrected chi connectivity index (χ4v) is 6.17. The number of nitrogens with zero attached hydrogens (tertiary/aromatic N) is 6. The van der Waals surface area contributed by atoms with E-state index in [2.05, 4.69) is 24.7 Å². The Morgan fingerprint density at radius 3 is 2.44 bits per heavy atom. The number of H-pyrrole nitrogens is 1. The van der Waals surface area contributed by atoms with Crippen LogP contribution in [0, 0.1) is 11.2 Å². The molecule has 0 spiro atoms. The number of carboxylic acid groups (broad SMARTS) is 1. The van der Waals surface area contributed by atoms with Crippen molar-refractivity contribution in [3.63, 3.8) is 0 Å². The fourth-order valence-electron chi connectivity index (χ4n) is 5.24. The number of hydrogen-bond donors (Lipinski definition) is 3. The van der Waals surface area contributed by atoms with Crippen molar-refractivity contribution in [2.24, 2.45) is 5.41 Å². The molecule has 13 nitrogen and oxygen atoms in total. The highest BCUT2D eigenvalue weighted by atomic mass is 32.2. The van der Waals surface area contributed by atoms with Crippen LogP contribution in [0.5, 0.6) is 0 Å². The quantitative estimate of drug-likeness (QED) is 0.240. The molecule has 1 unspecified atom stereocenters. The second-order valence-corrected chi connectivity index (χ2v) is 13.7. The zero-order valence-electron chi connectivity index (χ0n) is 25.6. The number of hydrogen-bond acceptors (Lipinski definition) is 8. The van der Waals surface area contributed by atoms with Crippen molar-refractivity contribution in [3.05, 3.63) is 66.0 Å². The molecule has 238 valence electrons. The SMILES string of the molecule is CCN(C)S(=O)(=O)Nc1cccc(C(=O)c2c[nH]c3ncc(-c4cnc(N5CCN(C(=O)O)C(C(C)(C)C)C5)nc4)cc23)c1F. The van der Waals surface area contributed by atoms with Gasteiger partial charge in [0, 0.05) is 80.1 Å². The van der Waals surface area contributed by atoms with E-state index in [0.29, 0.717) is 47.7 Å². The second-order valence-electron chi connectivity index (χ2n) is 11.9. The lowest BCUT2D eigenvalue weighted by Crippen LogP contribution is -2.59. The lowest BCUT2D eigenvalue weighted by Gasteiger charge is -2.45. The lowest BCUT2D eigenvalue weighted by molar-refractivity contribution is 0.0745. The summed E-state index contributed by atoms with van der Waals surface area (Å²) < 4.78 is 43.6. The van der Waals surface area contributed by atoms with Crippen LogP contribution >= 0.6 is 0 Å². The maximum absolute atomic E-state index is 15.5. The average Bonchev–Trinajstić information content (AvgIpc) is 3.44. The highest BCUT2D eigenvalue weighted by molar-refractivity contribution is 7.90. The standard InChI is InChI=1S/C30H35FN8O5S/c1-6-37(5)45(43,44)36-23-9-7-8-20(25(23)31)26(40)22-16-33-27-21(22)12-18(13-32-27)19-14-34-28(35-15-19)38-10-11-39(29(41)42)24(17-38)30(2,3)4/h7-9,12-16,24,36H,6,10-11,17H2,1-5H3,(H,32,33)(H,41,42). The number of benzene rings is 1. The summed E-state index contributed by atoms with van der Waals surface area (Å²) in [6.07, 6.45) is 5.37. The number of aromatic nitrogens is 4. The first-order chi connectivity index (χ1) is 21.2. The Kier molecular flexibility index (Phi) is 8.51. The number of amides is 1. The van der Waals surface area contributed by atoms with Gasteiger partial charge < -0.3 is 19.9 Å². The lowest BCUT2D eigenvalue weighted by atomic mass is 9.84. The van der Waals surface area contributed by atoms with Gasteiger partial charge in [0.05, 0.1) is 17.3 Å². The van der Waals surface area contributed by atoms with Crippen LogP contribution in [0.3, 0.4) is 0 Å². The number of pyridine rings is 1. The van der Waals surface area contributed by atoms with Crippen molar-refractivity contribution in [1.82, 2.24) is 29.1 Å². The van der Waals surface area contributed by atoms with E-state index in [1.807, 2.05) is 25.7 Å². The predicted molar refractivity (Wildman–Crippen MR) is 168 cm³/mol. The molecular formula is C30H35FN8O5S. The summed E-state index contributed by atoms with van der Waals surface area (Å²) in [6, 6.07) is 5.44. The highest BCUT2D eigenvalue weighted by Crippen LogP contribution is 2.31. The normalized spacial score (nSPS) is 15.9. The number of carbonyl (C=O) groups excluding carboxylic acids is 1. The summed E-state index contributed by atoms with van der Waals surface area (Å²) in [6.45, 7) is 9.06. The van der Waals surface area contributed by atoms with Gasteiger partial charge >= 0.3 is 16.3 Å². The van der Waals surface area contributed by atoms with E-state index >= 15 is 4.39 Å². The fraction of sp³-hybridized carbons (Fsp3) is 0.367. The van der Waals surface area contributed by atoms with Crippen LogP contribution in [0.1, 0.15) is 43.6 Å². The maximum Gasteiger partial charge on any atom is 0.407 e. The number of piperazine rings is 1. The highest BCUT2D eigenvalue weighted by Gasteiger charge is 2.38. The van der Waals surface area contributed by atoms with Gasteiger partial charge in [-0.05, 0) is 23.6 Å². The number of ketones is 1. The number of carbonyl (C=O) groups is 2. The molecule has 15 heteroatoms. The van der Waals surface area contributed by atoms with Gasteiger partial charge in [0.1, 0.15) is 5.65 Å². The molecule has 0 radical (unpaired) electrons. The van der Waals surface area contributed by atoms with E-state index in [0.717, 1.165) is 4.31 Å². The van der Waals surface area contributed by atoms with E-state index in [-0.39, 0.29) is 34.8 Å². The first-order valence-electron chi connectivity index (χ1n) is 14.3. The molecule has 45 heavy (non-hydrogen) atoms. The molecule has 1 aliphatic heterocycles. The summed E-state index contributed by atoms with van der Waals surface area (Å²) in [4.78, 5) is 45.2. The molecule has 0 saturated carbocycles. The van der Waals surface area contributed by atoms with Gasteiger partial charge in [-0.15, -0.1) is 0 Å². The summed E-state index contributed by atoms with van der Waals surface area (Å²) in [5.74, 6) is -1.17. The smallest absolute Gasteiger partial charge is 0.407 e. The molecule has 5 rings (SSSR count). The first kappa shape index (κ1) is 31.8. The molecule has 1 amide bonds. The summed E-state index contributed by atoms with van der Waals surface area (Å²) in [7, 11) is -2.65. The third-order valence-corrected chi connectivity index (χ3v) is 9.55. The molecule has 1 aliphatic rings. The Morgan fingerprint density at radius 2 is 1.80 bits per heavy atom. The number of anilines is 2. The van der Waals surface area contributed by atoms with Gasteiger partial charge in [-0.1, -0.05) is 33.8 Å². The second kappa shape index (κ2) is 12.0. The van der Waals surface area contributed by atoms with Crippen LogP contribution in [0.25, 0.3) is 22.2 Å². The Balaban J connectivity index is 1.40. The molecule has 1 aromatic carbocycles. The molecule has 3 aromatic heterocycles. The monoisotopic (exact) mass is 638 g/mol. The van der Waals surface area contributed by atoms with E-state index < -0.39 is 27.9 Å². The van der Waals surface area contributed by atoms with Crippen molar-refractivity contribution in [1.29, 1.82) is 0 Å². The Labute approximate surface area is 260 Å². The van der Waals surface area contributed by atoms with Crippen molar-refractivity contribution >= 4 is 44.8 Å². The molecule has 1 saturated heterocycles.